The van der Waals surface area contributed by atoms with Crippen molar-refractivity contribution in [2.24, 2.45) is 23.0 Å². The van der Waals surface area contributed by atoms with E-state index in [1.54, 1.807) is 31.2 Å². The van der Waals surface area contributed by atoms with Gasteiger partial charge in [-0.2, -0.15) is 0 Å². The number of carbonyl (C=O) groups is 3. The van der Waals surface area contributed by atoms with Gasteiger partial charge in [0.1, 0.15) is 6.61 Å². The second-order valence-corrected chi connectivity index (χ2v) is 8.84. The minimum atomic E-state index is -0.476. The Morgan fingerprint density at radius 3 is 2.30 bits per heavy atom. The number of nitrogens with two attached hydrogens (primary N) is 1. The highest BCUT2D eigenvalue weighted by molar-refractivity contribution is 5.92. The quantitative estimate of drug-likeness (QED) is 0.777. The zero-order valence-electron chi connectivity index (χ0n) is 15.6. The lowest BCUT2D eigenvalue weighted by Crippen LogP contribution is -2.64. The van der Waals surface area contributed by atoms with Crippen LogP contribution in [0.2, 0.25) is 0 Å². The molecule has 0 radical (unpaired) electrons. The average molecular weight is 370 g/mol. The van der Waals surface area contributed by atoms with E-state index in [-0.39, 0.29) is 24.0 Å². The van der Waals surface area contributed by atoms with Crippen molar-refractivity contribution in [2.75, 3.05) is 0 Å². The van der Waals surface area contributed by atoms with Crippen LogP contribution in [-0.2, 0) is 20.9 Å². The van der Waals surface area contributed by atoms with Gasteiger partial charge in [-0.1, -0.05) is 12.1 Å². The smallest absolute Gasteiger partial charge is 0.312 e. The monoisotopic (exact) mass is 370 g/mol. The van der Waals surface area contributed by atoms with Gasteiger partial charge >= 0.3 is 5.97 Å². The Labute approximate surface area is 158 Å². The highest BCUT2D eigenvalue weighted by atomic mass is 16.5. The van der Waals surface area contributed by atoms with Gasteiger partial charge in [-0.25, -0.2) is 0 Å². The van der Waals surface area contributed by atoms with E-state index < -0.39 is 11.3 Å². The maximum Gasteiger partial charge on any atom is 0.312 e. The maximum atomic E-state index is 13.1. The second-order valence-electron chi connectivity index (χ2n) is 8.84. The summed E-state index contributed by atoms with van der Waals surface area (Å²) >= 11 is 0. The molecule has 0 aromatic heterocycles. The van der Waals surface area contributed by atoms with Crippen molar-refractivity contribution >= 4 is 17.8 Å². The van der Waals surface area contributed by atoms with Crippen molar-refractivity contribution in [1.82, 2.24) is 5.32 Å². The fourth-order valence-electron chi connectivity index (χ4n) is 6.09. The maximum absolute atomic E-state index is 13.1. The molecule has 2 amide bonds. The summed E-state index contributed by atoms with van der Waals surface area (Å²) in [5.74, 6) is 0.330. The van der Waals surface area contributed by atoms with Crippen LogP contribution in [0.3, 0.4) is 0 Å². The molecule has 4 atom stereocenters. The second kappa shape index (κ2) is 6.36. The SMILES string of the molecule is CC(=O)NC12C[C@H]3C[C@@H](C1)CC(C(=O)OCc1ccc(C(N)=O)cc1)(C3)C2. The molecular weight excluding hydrogens is 344 g/mol. The number of nitrogens with one attached hydrogen (secondary N) is 1. The first kappa shape index (κ1) is 18.0. The van der Waals surface area contributed by atoms with Gasteiger partial charge in [0.15, 0.2) is 0 Å². The summed E-state index contributed by atoms with van der Waals surface area (Å²) in [7, 11) is 0. The lowest BCUT2D eigenvalue weighted by molar-refractivity contribution is -0.177. The zero-order chi connectivity index (χ0) is 19.2. The Balaban J connectivity index is 1.46. The number of esters is 1. The summed E-state index contributed by atoms with van der Waals surface area (Å²) in [6.07, 6.45) is 5.53. The van der Waals surface area contributed by atoms with Crippen LogP contribution in [0, 0.1) is 17.3 Å². The van der Waals surface area contributed by atoms with Crippen LogP contribution in [0.5, 0.6) is 0 Å². The molecule has 3 N–H and O–H groups in total. The lowest BCUT2D eigenvalue weighted by atomic mass is 9.47. The van der Waals surface area contributed by atoms with Crippen LogP contribution in [-0.4, -0.2) is 23.3 Å². The molecule has 4 aliphatic carbocycles. The Morgan fingerprint density at radius 2 is 1.74 bits per heavy atom. The number of rotatable bonds is 5. The molecule has 1 aromatic carbocycles. The number of amides is 2. The van der Waals surface area contributed by atoms with Crippen LogP contribution in [0.25, 0.3) is 0 Å². The summed E-state index contributed by atoms with van der Waals surface area (Å²) in [6.45, 7) is 1.74. The van der Waals surface area contributed by atoms with E-state index in [1.807, 2.05) is 0 Å². The predicted molar refractivity (Wildman–Crippen MR) is 98.4 cm³/mol. The molecule has 4 bridgehead atoms. The molecule has 2 unspecified atom stereocenters. The summed E-state index contributed by atoms with van der Waals surface area (Å²) < 4.78 is 5.70. The summed E-state index contributed by atoms with van der Waals surface area (Å²) in [5.41, 5.74) is 5.80. The van der Waals surface area contributed by atoms with Crippen molar-refractivity contribution < 1.29 is 19.1 Å². The summed E-state index contributed by atoms with van der Waals surface area (Å²) in [6, 6.07) is 6.79. The fourth-order valence-corrected chi connectivity index (χ4v) is 6.09. The molecule has 0 aliphatic heterocycles. The Kier molecular flexibility index (Phi) is 4.24. The average Bonchev–Trinajstić information content (AvgIpc) is 2.57. The fraction of sp³-hybridized carbons (Fsp3) is 0.571. The lowest BCUT2D eigenvalue weighted by Gasteiger charge is -2.60. The summed E-state index contributed by atoms with van der Waals surface area (Å²) in [4.78, 5) is 35.9. The van der Waals surface area contributed by atoms with Crippen molar-refractivity contribution in [2.45, 2.75) is 57.6 Å². The molecule has 6 heteroatoms. The van der Waals surface area contributed by atoms with Crippen molar-refractivity contribution in [3.63, 3.8) is 0 Å². The first-order chi connectivity index (χ1) is 12.8. The number of benzene rings is 1. The van der Waals surface area contributed by atoms with E-state index >= 15 is 0 Å². The number of hydrogen-bond acceptors (Lipinski definition) is 4. The van der Waals surface area contributed by atoms with E-state index in [1.165, 1.54) is 0 Å². The van der Waals surface area contributed by atoms with Crippen LogP contribution < -0.4 is 11.1 Å². The van der Waals surface area contributed by atoms with Gasteiger partial charge in [-0.3, -0.25) is 14.4 Å². The number of ether oxygens (including phenoxy) is 1. The van der Waals surface area contributed by atoms with Gasteiger partial charge in [0, 0.05) is 18.0 Å². The molecule has 27 heavy (non-hydrogen) atoms. The van der Waals surface area contributed by atoms with E-state index in [9.17, 15) is 14.4 Å². The Hall–Kier alpha value is -2.37. The molecule has 4 saturated carbocycles. The normalized spacial score (nSPS) is 33.5. The predicted octanol–water partition coefficient (Wildman–Crippen LogP) is 2.30. The Morgan fingerprint density at radius 1 is 1.11 bits per heavy atom. The van der Waals surface area contributed by atoms with E-state index in [2.05, 4.69) is 5.32 Å². The summed E-state index contributed by atoms with van der Waals surface area (Å²) in [5, 5.41) is 3.17. The molecule has 1 aromatic rings. The third kappa shape index (κ3) is 3.33. The minimum absolute atomic E-state index is 0.0185. The van der Waals surface area contributed by atoms with Crippen molar-refractivity contribution in [1.29, 1.82) is 0 Å². The van der Waals surface area contributed by atoms with Gasteiger partial charge in [0.2, 0.25) is 11.8 Å². The van der Waals surface area contributed by atoms with Crippen LogP contribution in [0.1, 0.15) is 61.4 Å². The molecule has 5 rings (SSSR count). The topological polar surface area (TPSA) is 98.5 Å². The number of primary amides is 1. The largest absolute Gasteiger partial charge is 0.460 e. The minimum Gasteiger partial charge on any atom is -0.460 e. The van der Waals surface area contributed by atoms with Gasteiger partial charge in [-0.15, -0.1) is 0 Å². The molecule has 0 heterocycles. The van der Waals surface area contributed by atoms with E-state index in [4.69, 9.17) is 10.5 Å². The number of carbonyl (C=O) groups excluding carboxylic acids is 3. The van der Waals surface area contributed by atoms with E-state index in [0.717, 1.165) is 37.7 Å². The van der Waals surface area contributed by atoms with Gasteiger partial charge < -0.3 is 15.8 Å². The number of hydrogen-bond donors (Lipinski definition) is 2. The third-order valence-electron chi connectivity index (χ3n) is 6.54. The van der Waals surface area contributed by atoms with Crippen LogP contribution in [0.15, 0.2) is 24.3 Å². The van der Waals surface area contributed by atoms with Crippen molar-refractivity contribution in [3.8, 4) is 0 Å². The molecule has 0 saturated heterocycles. The van der Waals surface area contributed by atoms with Crippen LogP contribution >= 0.6 is 0 Å². The zero-order valence-corrected chi connectivity index (χ0v) is 15.6. The van der Waals surface area contributed by atoms with Gasteiger partial charge in [0.05, 0.1) is 5.41 Å². The molecule has 4 aliphatic rings. The molecule has 0 spiro atoms. The highest BCUT2D eigenvalue weighted by Gasteiger charge is 2.61. The van der Waals surface area contributed by atoms with Crippen LogP contribution in [0.4, 0.5) is 0 Å². The molecular formula is C21H26N2O4. The van der Waals surface area contributed by atoms with Crippen molar-refractivity contribution in [3.05, 3.63) is 35.4 Å². The first-order valence-electron chi connectivity index (χ1n) is 9.64. The molecule has 144 valence electrons. The molecule has 4 fully saturated rings. The highest BCUT2D eigenvalue weighted by Crippen LogP contribution is 2.62. The third-order valence-corrected chi connectivity index (χ3v) is 6.54. The standard InChI is InChI=1S/C21H26N2O4/c1-13(24)23-21-9-15-6-16(10-21)8-20(7-15,12-21)19(26)27-11-14-2-4-17(5-3-14)18(22)25/h2-5,15-16H,6-12H2,1H3,(H2,22,25)(H,23,24)/t15-,16+,20?,21?. The molecule has 6 nitrogen and oxygen atoms in total. The Bertz CT molecular complexity index is 772. The van der Waals surface area contributed by atoms with Gasteiger partial charge in [0.25, 0.3) is 0 Å². The van der Waals surface area contributed by atoms with Gasteiger partial charge in [-0.05, 0) is 68.1 Å². The van der Waals surface area contributed by atoms with E-state index in [0.29, 0.717) is 23.8 Å². The first-order valence-corrected chi connectivity index (χ1v) is 9.64.